The molecule has 0 atom stereocenters. The normalized spacial score (nSPS) is 11.1. The van der Waals surface area contributed by atoms with Gasteiger partial charge in [-0.25, -0.2) is 0 Å². The summed E-state index contributed by atoms with van der Waals surface area (Å²) in [5.74, 6) is 0.415. The van der Waals surface area contributed by atoms with Crippen molar-refractivity contribution in [1.29, 1.82) is 0 Å². The molecule has 30 heavy (non-hydrogen) atoms. The van der Waals surface area contributed by atoms with Gasteiger partial charge in [0.2, 0.25) is 5.91 Å². The quantitative estimate of drug-likeness (QED) is 0.420. The third-order valence-electron chi connectivity index (χ3n) is 4.55. The number of halogens is 1. The van der Waals surface area contributed by atoms with Crippen LogP contribution in [0.5, 0.6) is 5.75 Å². The lowest BCUT2D eigenvalue weighted by molar-refractivity contribution is -0.118. The van der Waals surface area contributed by atoms with Gasteiger partial charge in [-0.3, -0.25) is 9.59 Å². The van der Waals surface area contributed by atoms with Gasteiger partial charge in [0.1, 0.15) is 5.75 Å². The second-order valence-electron chi connectivity index (χ2n) is 8.31. The second-order valence-corrected chi connectivity index (χ2v) is 9.23. The number of carbonyl (C=O) groups is 2. The molecule has 0 aliphatic heterocycles. The van der Waals surface area contributed by atoms with E-state index in [-0.39, 0.29) is 23.8 Å². The molecule has 2 aromatic carbocycles. The van der Waals surface area contributed by atoms with Gasteiger partial charge in [0.15, 0.2) is 6.61 Å². The summed E-state index contributed by atoms with van der Waals surface area (Å²) in [7, 11) is 0. The van der Waals surface area contributed by atoms with Gasteiger partial charge >= 0.3 is 0 Å². The summed E-state index contributed by atoms with van der Waals surface area (Å²) in [5, 5.41) is 5.70. The Kier molecular flexibility index (Phi) is 8.90. The van der Waals surface area contributed by atoms with Crippen molar-refractivity contribution in [2.45, 2.75) is 58.8 Å². The fourth-order valence-electron chi connectivity index (χ4n) is 2.99. The van der Waals surface area contributed by atoms with Crippen LogP contribution in [-0.2, 0) is 15.0 Å². The Morgan fingerprint density at radius 3 is 2.27 bits per heavy atom. The summed E-state index contributed by atoms with van der Waals surface area (Å²) in [6.45, 7) is 8.31. The number of hydrogen-bond acceptors (Lipinski definition) is 3. The van der Waals surface area contributed by atoms with Crippen molar-refractivity contribution in [2.75, 3.05) is 17.2 Å². The first-order valence-electron chi connectivity index (χ1n) is 10.3. The van der Waals surface area contributed by atoms with Gasteiger partial charge in [-0.15, -0.1) is 0 Å². The van der Waals surface area contributed by atoms with E-state index in [1.807, 2.05) is 18.2 Å². The van der Waals surface area contributed by atoms with Crippen LogP contribution >= 0.6 is 15.9 Å². The molecule has 0 saturated carbocycles. The molecule has 0 aliphatic rings. The monoisotopic (exact) mass is 474 g/mol. The summed E-state index contributed by atoms with van der Waals surface area (Å²) < 4.78 is 6.77. The van der Waals surface area contributed by atoms with Crippen LogP contribution in [0.2, 0.25) is 0 Å². The molecule has 2 amide bonds. The maximum absolute atomic E-state index is 12.4. The van der Waals surface area contributed by atoms with E-state index < -0.39 is 0 Å². The van der Waals surface area contributed by atoms with Crippen LogP contribution < -0.4 is 15.4 Å². The molecule has 0 radical (unpaired) electrons. The number of carbonyl (C=O) groups excluding carboxylic acids is 2. The van der Waals surface area contributed by atoms with Crippen molar-refractivity contribution in [3.63, 3.8) is 0 Å². The average molecular weight is 475 g/mol. The molecule has 0 fully saturated rings. The molecule has 162 valence electrons. The number of unbranched alkanes of at least 4 members (excludes halogenated alkanes) is 2. The van der Waals surface area contributed by atoms with E-state index in [2.05, 4.69) is 54.3 Å². The third kappa shape index (κ3) is 7.82. The predicted octanol–water partition coefficient (Wildman–Crippen LogP) is 6.28. The summed E-state index contributed by atoms with van der Waals surface area (Å²) in [4.78, 5) is 24.4. The zero-order chi connectivity index (χ0) is 22.1. The van der Waals surface area contributed by atoms with E-state index in [9.17, 15) is 9.59 Å². The first-order valence-corrected chi connectivity index (χ1v) is 11.1. The van der Waals surface area contributed by atoms with Crippen LogP contribution in [0.3, 0.4) is 0 Å². The van der Waals surface area contributed by atoms with Gasteiger partial charge < -0.3 is 15.4 Å². The molecule has 0 unspecified atom stereocenters. The first kappa shape index (κ1) is 23.9. The van der Waals surface area contributed by atoms with Crippen molar-refractivity contribution < 1.29 is 14.3 Å². The molecule has 0 spiro atoms. The highest BCUT2D eigenvalue weighted by Gasteiger charge is 2.20. The van der Waals surface area contributed by atoms with Gasteiger partial charge in [-0.1, -0.05) is 62.5 Å². The lowest BCUT2D eigenvalue weighted by atomic mass is 9.86. The smallest absolute Gasteiger partial charge is 0.262 e. The Labute approximate surface area is 187 Å². The minimum Gasteiger partial charge on any atom is -0.483 e. The van der Waals surface area contributed by atoms with Crippen molar-refractivity contribution >= 4 is 39.1 Å². The van der Waals surface area contributed by atoms with Crippen molar-refractivity contribution in [3.8, 4) is 5.75 Å². The molecule has 2 aromatic rings. The topological polar surface area (TPSA) is 67.4 Å². The predicted molar refractivity (Wildman–Crippen MR) is 126 cm³/mol. The van der Waals surface area contributed by atoms with E-state index in [1.165, 1.54) is 0 Å². The summed E-state index contributed by atoms with van der Waals surface area (Å²) in [6, 6.07) is 12.9. The Hall–Kier alpha value is -2.34. The SMILES string of the molecule is CCCCCC(=O)Nc1cccc(NC(=O)COc2ccc(Br)cc2C(C)(C)C)c1. The maximum atomic E-state index is 12.4. The molecule has 0 aliphatic carbocycles. The fourth-order valence-corrected chi connectivity index (χ4v) is 3.35. The molecular formula is C24H31BrN2O3. The van der Waals surface area contributed by atoms with E-state index in [0.717, 1.165) is 29.3 Å². The lowest BCUT2D eigenvalue weighted by Gasteiger charge is -2.23. The second kappa shape index (κ2) is 11.2. The zero-order valence-electron chi connectivity index (χ0n) is 18.2. The Balaban J connectivity index is 1.94. The highest BCUT2D eigenvalue weighted by Crippen LogP contribution is 2.33. The number of nitrogens with one attached hydrogen (secondary N) is 2. The molecule has 0 heterocycles. The highest BCUT2D eigenvalue weighted by molar-refractivity contribution is 9.10. The number of anilines is 2. The molecule has 2 N–H and O–H groups in total. The number of hydrogen-bond donors (Lipinski definition) is 2. The Morgan fingerprint density at radius 1 is 0.967 bits per heavy atom. The van der Waals surface area contributed by atoms with Crippen molar-refractivity contribution in [2.24, 2.45) is 0 Å². The van der Waals surface area contributed by atoms with E-state index >= 15 is 0 Å². The molecule has 0 bridgehead atoms. The van der Waals surface area contributed by atoms with Crippen LogP contribution in [0.4, 0.5) is 11.4 Å². The first-order chi connectivity index (χ1) is 14.2. The average Bonchev–Trinajstić information content (AvgIpc) is 2.66. The van der Waals surface area contributed by atoms with Gasteiger partial charge in [-0.05, 0) is 48.2 Å². The highest BCUT2D eigenvalue weighted by atomic mass is 79.9. The molecule has 2 rings (SSSR count). The van der Waals surface area contributed by atoms with Crippen LogP contribution in [0, 0.1) is 0 Å². The van der Waals surface area contributed by atoms with E-state index in [0.29, 0.717) is 23.5 Å². The minimum atomic E-state index is -0.260. The molecule has 0 saturated heterocycles. The lowest BCUT2D eigenvalue weighted by Crippen LogP contribution is -2.22. The van der Waals surface area contributed by atoms with Crippen LogP contribution in [0.1, 0.15) is 58.9 Å². The largest absolute Gasteiger partial charge is 0.483 e. The van der Waals surface area contributed by atoms with Gasteiger partial charge in [0.25, 0.3) is 5.91 Å². The number of benzene rings is 2. The molecule has 0 aromatic heterocycles. The third-order valence-corrected chi connectivity index (χ3v) is 5.04. The van der Waals surface area contributed by atoms with Gasteiger partial charge in [0.05, 0.1) is 0 Å². The minimum absolute atomic E-state index is 0.0137. The summed E-state index contributed by atoms with van der Waals surface area (Å²) in [6.07, 6.45) is 3.50. The van der Waals surface area contributed by atoms with Crippen LogP contribution in [-0.4, -0.2) is 18.4 Å². The number of ether oxygens (including phenoxy) is 1. The van der Waals surface area contributed by atoms with Crippen molar-refractivity contribution in [3.05, 3.63) is 52.5 Å². The van der Waals surface area contributed by atoms with E-state index in [1.54, 1.807) is 24.3 Å². The Morgan fingerprint density at radius 2 is 1.63 bits per heavy atom. The molecule has 6 heteroatoms. The van der Waals surface area contributed by atoms with Gasteiger partial charge in [0, 0.05) is 27.8 Å². The summed E-state index contributed by atoms with van der Waals surface area (Å²) in [5.41, 5.74) is 2.19. The Bertz CT molecular complexity index is 875. The van der Waals surface area contributed by atoms with Gasteiger partial charge in [-0.2, -0.15) is 0 Å². The standard InChI is InChI=1S/C24H31BrN2O3/c1-5-6-7-11-22(28)26-18-9-8-10-19(15-18)27-23(29)16-30-21-13-12-17(25)14-20(21)24(2,3)4/h8-10,12-15H,5-7,11,16H2,1-4H3,(H,26,28)(H,27,29). The van der Waals surface area contributed by atoms with E-state index in [4.69, 9.17) is 4.74 Å². The number of amides is 2. The summed E-state index contributed by atoms with van der Waals surface area (Å²) >= 11 is 3.49. The maximum Gasteiger partial charge on any atom is 0.262 e. The molecular weight excluding hydrogens is 444 g/mol. The van der Waals surface area contributed by atoms with Crippen molar-refractivity contribution in [1.82, 2.24) is 0 Å². The van der Waals surface area contributed by atoms with Crippen LogP contribution in [0.25, 0.3) is 0 Å². The fraction of sp³-hybridized carbons (Fsp3) is 0.417. The molecule has 5 nitrogen and oxygen atoms in total. The number of rotatable bonds is 9. The zero-order valence-corrected chi connectivity index (χ0v) is 19.8. The van der Waals surface area contributed by atoms with Crippen LogP contribution in [0.15, 0.2) is 46.9 Å².